The highest BCUT2D eigenvalue weighted by Gasteiger charge is 2.54. The van der Waals surface area contributed by atoms with Crippen molar-refractivity contribution in [1.29, 1.82) is 0 Å². The van der Waals surface area contributed by atoms with E-state index in [4.69, 9.17) is 32.9 Å². The van der Waals surface area contributed by atoms with E-state index in [0.717, 1.165) is 0 Å². The predicted molar refractivity (Wildman–Crippen MR) is 113 cm³/mol. The average Bonchev–Trinajstić information content (AvgIpc) is 3.15. The van der Waals surface area contributed by atoms with E-state index < -0.39 is 20.0 Å². The van der Waals surface area contributed by atoms with Gasteiger partial charge in [-0.2, -0.15) is 4.98 Å². The number of anilines is 1. The largest absolute Gasteiger partial charge is 0.408 e. The first-order valence-corrected chi connectivity index (χ1v) is 12.4. The Morgan fingerprint density at radius 1 is 1.50 bits per heavy atom. The van der Waals surface area contributed by atoms with Gasteiger partial charge in [-0.05, 0) is 35.8 Å². The van der Waals surface area contributed by atoms with Gasteiger partial charge in [-0.15, -0.1) is 6.42 Å². The molecule has 2 aromatic rings. The van der Waals surface area contributed by atoms with Crippen LogP contribution in [0.25, 0.3) is 11.0 Å². The third kappa shape index (κ3) is 3.31. The maximum Gasteiger partial charge on any atom is 0.226 e. The number of fused-ring (bicyclic) bond motifs is 1. The van der Waals surface area contributed by atoms with Crippen LogP contribution in [0.1, 0.15) is 26.8 Å². The second-order valence-corrected chi connectivity index (χ2v) is 13.8. The van der Waals surface area contributed by atoms with Crippen molar-refractivity contribution >= 4 is 36.8 Å². The number of nitrogens with zero attached hydrogens (tertiary/aromatic N) is 3. The van der Waals surface area contributed by atoms with Crippen LogP contribution in [0.2, 0.25) is 23.4 Å². The summed E-state index contributed by atoms with van der Waals surface area (Å²) in [6, 6.07) is 1.54. The maximum atomic E-state index is 10.1. The first-order chi connectivity index (χ1) is 13.0. The minimum absolute atomic E-state index is 0.0371. The molecule has 152 valence electrons. The molecule has 0 aromatic carbocycles. The summed E-state index contributed by atoms with van der Waals surface area (Å²) in [4.78, 5) is 8.35. The number of terminal acetylenes is 1. The third-order valence-electron chi connectivity index (χ3n) is 5.96. The highest BCUT2D eigenvalue weighted by atomic mass is 35.5. The molecule has 0 radical (unpaired) electrons. The molecule has 9 heteroatoms. The molecule has 3 rings (SSSR count). The lowest BCUT2D eigenvalue weighted by Crippen LogP contribution is -2.53. The lowest BCUT2D eigenvalue weighted by atomic mass is 9.96. The highest BCUT2D eigenvalue weighted by molar-refractivity contribution is 6.74. The van der Waals surface area contributed by atoms with Gasteiger partial charge in [-0.3, -0.25) is 0 Å². The number of halogens is 1. The molecule has 1 unspecified atom stereocenters. The number of aliphatic hydroxyl groups is 1. The van der Waals surface area contributed by atoms with E-state index in [1.54, 1.807) is 0 Å². The van der Waals surface area contributed by atoms with Crippen molar-refractivity contribution in [3.05, 3.63) is 17.5 Å². The van der Waals surface area contributed by atoms with E-state index >= 15 is 0 Å². The van der Waals surface area contributed by atoms with Gasteiger partial charge in [0, 0.05) is 6.20 Å². The number of nitrogens with two attached hydrogens (primary N) is 1. The quantitative estimate of drug-likeness (QED) is 0.446. The normalized spacial score (nSPS) is 25.9. The molecule has 1 aliphatic rings. The molecule has 0 bridgehead atoms. The summed E-state index contributed by atoms with van der Waals surface area (Å²) < 4.78 is 14.5. The van der Waals surface area contributed by atoms with Crippen LogP contribution in [-0.4, -0.2) is 52.9 Å². The minimum Gasteiger partial charge on any atom is -0.408 e. The standard InChI is InChI=1S/C19H27ClN4O3Si/c1-7-19(11-25)14(27-28(5,6)18(2,3)4)13(10-26-19)24-9-8-12-15(21)22-17(20)23-16(12)24/h1,8-9,13-14,25H,10-11H2,2-6H3,(H2,21,22,23)/t13-,14?,19-/m1/s1. The van der Waals surface area contributed by atoms with E-state index in [0.29, 0.717) is 16.9 Å². The lowest BCUT2D eigenvalue weighted by Gasteiger charge is -2.42. The molecule has 1 aliphatic heterocycles. The zero-order valence-corrected chi connectivity index (χ0v) is 18.6. The van der Waals surface area contributed by atoms with Crippen molar-refractivity contribution < 1.29 is 14.3 Å². The summed E-state index contributed by atoms with van der Waals surface area (Å²) >= 11 is 6.03. The first-order valence-electron chi connectivity index (χ1n) is 9.16. The van der Waals surface area contributed by atoms with Crippen molar-refractivity contribution in [1.82, 2.24) is 14.5 Å². The second-order valence-electron chi connectivity index (χ2n) is 8.71. The van der Waals surface area contributed by atoms with Crippen molar-refractivity contribution in [3.63, 3.8) is 0 Å². The fourth-order valence-electron chi connectivity index (χ4n) is 3.21. The Hall–Kier alpha value is -1.63. The molecule has 3 N–H and O–H groups in total. The van der Waals surface area contributed by atoms with Crippen LogP contribution in [0, 0.1) is 12.3 Å². The number of ether oxygens (including phenoxy) is 1. The van der Waals surface area contributed by atoms with Gasteiger partial charge in [0.2, 0.25) is 5.28 Å². The topological polar surface area (TPSA) is 95.4 Å². The fourth-order valence-corrected chi connectivity index (χ4v) is 4.72. The van der Waals surface area contributed by atoms with Gasteiger partial charge >= 0.3 is 0 Å². The van der Waals surface area contributed by atoms with Crippen molar-refractivity contribution in [3.8, 4) is 12.3 Å². The molecule has 1 fully saturated rings. The molecule has 1 saturated heterocycles. The van der Waals surface area contributed by atoms with Gasteiger partial charge in [-0.1, -0.05) is 26.7 Å². The van der Waals surface area contributed by atoms with Crippen LogP contribution in [0.4, 0.5) is 5.82 Å². The average molecular weight is 423 g/mol. The number of hydrogen-bond donors (Lipinski definition) is 2. The Labute approximate surface area is 171 Å². The first kappa shape index (κ1) is 21.1. The summed E-state index contributed by atoms with van der Waals surface area (Å²) in [7, 11) is -2.22. The summed E-state index contributed by atoms with van der Waals surface area (Å²) in [5.74, 6) is 2.95. The Morgan fingerprint density at radius 3 is 2.75 bits per heavy atom. The SMILES string of the molecule is C#C[C@]1(CO)OC[C@@H](n2ccc3c(N)nc(Cl)nc32)C1O[Si](C)(C)C(C)(C)C. The number of nitrogen functional groups attached to an aromatic ring is 1. The molecule has 2 aromatic heterocycles. The van der Waals surface area contributed by atoms with Gasteiger partial charge in [-0.25, -0.2) is 4.98 Å². The van der Waals surface area contributed by atoms with Gasteiger partial charge in [0.25, 0.3) is 0 Å². The van der Waals surface area contributed by atoms with Gasteiger partial charge in [0.15, 0.2) is 13.9 Å². The molecule has 0 amide bonds. The molecule has 7 nitrogen and oxygen atoms in total. The molecular weight excluding hydrogens is 396 g/mol. The zero-order valence-electron chi connectivity index (χ0n) is 16.9. The molecular formula is C19H27ClN4O3Si. The number of aliphatic hydroxyl groups excluding tert-OH is 1. The van der Waals surface area contributed by atoms with E-state index in [2.05, 4.69) is 49.8 Å². The lowest BCUT2D eigenvalue weighted by molar-refractivity contribution is -0.0448. The Balaban J connectivity index is 2.11. The summed E-state index contributed by atoms with van der Waals surface area (Å²) in [6.07, 6.45) is 7.10. The molecule has 0 spiro atoms. The molecule has 3 atom stereocenters. The Bertz CT molecular complexity index is 934. The van der Waals surface area contributed by atoms with Gasteiger partial charge in [0.1, 0.15) is 17.6 Å². The van der Waals surface area contributed by atoms with Crippen LogP contribution in [-0.2, 0) is 9.16 Å². The van der Waals surface area contributed by atoms with Gasteiger partial charge < -0.3 is 24.6 Å². The maximum absolute atomic E-state index is 10.1. The molecule has 3 heterocycles. The molecule has 0 aliphatic carbocycles. The van der Waals surface area contributed by atoms with Gasteiger partial charge in [0.05, 0.1) is 24.6 Å². The van der Waals surface area contributed by atoms with Crippen molar-refractivity contribution in [2.75, 3.05) is 18.9 Å². The molecule has 0 saturated carbocycles. The predicted octanol–water partition coefficient (Wildman–Crippen LogP) is 2.99. The number of aromatic nitrogens is 3. The Kier molecular flexibility index (Phi) is 5.28. The van der Waals surface area contributed by atoms with Crippen LogP contribution in [0.15, 0.2) is 12.3 Å². The number of hydrogen-bond acceptors (Lipinski definition) is 6. The summed E-state index contributed by atoms with van der Waals surface area (Å²) in [5, 5.41) is 10.8. The summed E-state index contributed by atoms with van der Waals surface area (Å²) in [5.41, 5.74) is 5.35. The van der Waals surface area contributed by atoms with Crippen LogP contribution >= 0.6 is 11.6 Å². The minimum atomic E-state index is -2.22. The van der Waals surface area contributed by atoms with E-state index in [9.17, 15) is 5.11 Å². The van der Waals surface area contributed by atoms with E-state index in [1.165, 1.54) is 0 Å². The van der Waals surface area contributed by atoms with Crippen molar-refractivity contribution in [2.24, 2.45) is 0 Å². The second kappa shape index (κ2) is 7.01. The van der Waals surface area contributed by atoms with E-state index in [1.807, 2.05) is 16.8 Å². The highest BCUT2D eigenvalue weighted by Crippen LogP contribution is 2.44. The Morgan fingerprint density at radius 2 is 2.18 bits per heavy atom. The van der Waals surface area contributed by atoms with Crippen LogP contribution in [0.3, 0.4) is 0 Å². The monoisotopic (exact) mass is 422 g/mol. The summed E-state index contributed by atoms with van der Waals surface area (Å²) in [6.45, 7) is 10.7. The van der Waals surface area contributed by atoms with Crippen molar-refractivity contribution in [2.45, 2.75) is 56.7 Å². The smallest absolute Gasteiger partial charge is 0.226 e. The fraction of sp³-hybridized carbons (Fsp3) is 0.579. The number of rotatable bonds is 4. The zero-order chi connectivity index (χ0) is 20.9. The van der Waals surface area contributed by atoms with E-state index in [-0.39, 0.29) is 29.6 Å². The van der Waals surface area contributed by atoms with Crippen LogP contribution < -0.4 is 5.73 Å². The third-order valence-corrected chi connectivity index (χ3v) is 10.6. The molecule has 28 heavy (non-hydrogen) atoms. The van der Waals surface area contributed by atoms with Crippen LogP contribution in [0.5, 0.6) is 0 Å².